The predicted octanol–water partition coefficient (Wildman–Crippen LogP) is 3.95. The lowest BCUT2D eigenvalue weighted by Crippen LogP contribution is -2.38. The SMILES string of the molecule is CC(C)(C)NC(C#N)c1c(Cl)cccc1Cl. The Morgan fingerprint density at radius 1 is 1.25 bits per heavy atom. The van der Waals surface area contributed by atoms with Gasteiger partial charge in [0.05, 0.1) is 6.07 Å². The van der Waals surface area contributed by atoms with Crippen LogP contribution in [0.2, 0.25) is 10.0 Å². The highest BCUT2D eigenvalue weighted by Gasteiger charge is 2.22. The first kappa shape index (κ1) is 13.3. The third-order valence-corrected chi connectivity index (χ3v) is 2.65. The van der Waals surface area contributed by atoms with E-state index in [4.69, 9.17) is 28.5 Å². The molecule has 1 N–H and O–H groups in total. The van der Waals surface area contributed by atoms with Gasteiger partial charge >= 0.3 is 0 Å². The Kier molecular flexibility index (Phi) is 4.21. The molecular formula is C12H14Cl2N2. The molecule has 0 aliphatic heterocycles. The number of rotatable bonds is 2. The molecule has 4 heteroatoms. The Balaban J connectivity index is 3.11. The summed E-state index contributed by atoms with van der Waals surface area (Å²) in [5, 5.41) is 13.4. The smallest absolute Gasteiger partial charge is 0.124 e. The first-order valence-corrected chi connectivity index (χ1v) is 5.72. The van der Waals surface area contributed by atoms with Gasteiger partial charge in [0, 0.05) is 21.1 Å². The summed E-state index contributed by atoms with van der Waals surface area (Å²) in [6, 6.07) is 6.91. The maximum atomic E-state index is 9.16. The van der Waals surface area contributed by atoms with Crippen molar-refractivity contribution in [2.24, 2.45) is 0 Å². The summed E-state index contributed by atoms with van der Waals surface area (Å²) >= 11 is 12.1. The van der Waals surface area contributed by atoms with E-state index in [0.717, 1.165) is 0 Å². The van der Waals surface area contributed by atoms with Crippen molar-refractivity contribution in [2.45, 2.75) is 32.4 Å². The van der Waals surface area contributed by atoms with Gasteiger partial charge in [0.25, 0.3) is 0 Å². The number of hydrogen-bond acceptors (Lipinski definition) is 2. The van der Waals surface area contributed by atoms with E-state index in [2.05, 4.69) is 11.4 Å². The maximum Gasteiger partial charge on any atom is 0.124 e. The van der Waals surface area contributed by atoms with Crippen LogP contribution in [0.25, 0.3) is 0 Å². The minimum Gasteiger partial charge on any atom is -0.293 e. The minimum atomic E-state index is -0.499. The van der Waals surface area contributed by atoms with Gasteiger partial charge in [0.1, 0.15) is 6.04 Å². The van der Waals surface area contributed by atoms with Crippen LogP contribution in [0, 0.1) is 11.3 Å². The van der Waals surface area contributed by atoms with Crippen LogP contribution in [0.15, 0.2) is 18.2 Å². The van der Waals surface area contributed by atoms with E-state index < -0.39 is 6.04 Å². The summed E-state index contributed by atoms with van der Waals surface area (Å²) in [6.07, 6.45) is 0. The molecule has 86 valence electrons. The summed E-state index contributed by atoms with van der Waals surface area (Å²) < 4.78 is 0. The van der Waals surface area contributed by atoms with Crippen molar-refractivity contribution in [1.29, 1.82) is 5.26 Å². The fourth-order valence-electron chi connectivity index (χ4n) is 1.39. The van der Waals surface area contributed by atoms with Gasteiger partial charge in [-0.1, -0.05) is 29.3 Å². The summed E-state index contributed by atoms with van der Waals surface area (Å²) in [6.45, 7) is 5.96. The summed E-state index contributed by atoms with van der Waals surface area (Å²) in [5.41, 5.74) is 0.464. The molecule has 0 heterocycles. The van der Waals surface area contributed by atoms with E-state index in [-0.39, 0.29) is 5.54 Å². The normalized spacial score (nSPS) is 13.2. The van der Waals surface area contributed by atoms with Crippen molar-refractivity contribution in [3.05, 3.63) is 33.8 Å². The summed E-state index contributed by atoms with van der Waals surface area (Å²) in [7, 11) is 0. The van der Waals surface area contributed by atoms with Crippen LogP contribution in [-0.2, 0) is 0 Å². The fourth-order valence-corrected chi connectivity index (χ4v) is 2.00. The monoisotopic (exact) mass is 256 g/mol. The molecule has 1 aromatic rings. The zero-order valence-electron chi connectivity index (χ0n) is 9.51. The first-order valence-electron chi connectivity index (χ1n) is 4.96. The van der Waals surface area contributed by atoms with Gasteiger partial charge in [-0.15, -0.1) is 0 Å². The lowest BCUT2D eigenvalue weighted by molar-refractivity contribution is 0.401. The van der Waals surface area contributed by atoms with Gasteiger partial charge in [0.15, 0.2) is 0 Å². The second-order valence-electron chi connectivity index (χ2n) is 4.59. The molecular weight excluding hydrogens is 243 g/mol. The van der Waals surface area contributed by atoms with Crippen molar-refractivity contribution in [3.8, 4) is 6.07 Å². The molecule has 0 aromatic heterocycles. The number of nitriles is 1. The molecule has 1 atom stereocenters. The maximum absolute atomic E-state index is 9.16. The first-order chi connectivity index (χ1) is 7.35. The lowest BCUT2D eigenvalue weighted by atomic mass is 10.0. The molecule has 1 aromatic carbocycles. The van der Waals surface area contributed by atoms with Gasteiger partial charge in [-0.05, 0) is 32.9 Å². The standard InChI is InChI=1S/C12H14Cl2N2/c1-12(2,3)16-10(7-15)11-8(13)5-4-6-9(11)14/h4-6,10,16H,1-3H3. The van der Waals surface area contributed by atoms with E-state index in [9.17, 15) is 0 Å². The number of nitrogens with zero attached hydrogens (tertiary/aromatic N) is 1. The van der Waals surface area contributed by atoms with Crippen LogP contribution in [-0.4, -0.2) is 5.54 Å². The highest BCUT2D eigenvalue weighted by molar-refractivity contribution is 6.36. The number of halogens is 2. The molecule has 2 nitrogen and oxygen atoms in total. The van der Waals surface area contributed by atoms with Gasteiger partial charge in [-0.25, -0.2) is 0 Å². The zero-order valence-corrected chi connectivity index (χ0v) is 11.0. The Labute approximate surface area is 106 Å². The van der Waals surface area contributed by atoms with Crippen LogP contribution in [0.3, 0.4) is 0 Å². The molecule has 0 aliphatic rings. The summed E-state index contributed by atoms with van der Waals surface area (Å²) in [4.78, 5) is 0. The van der Waals surface area contributed by atoms with Gasteiger partial charge < -0.3 is 0 Å². The number of nitrogens with one attached hydrogen (secondary N) is 1. The second kappa shape index (κ2) is 5.05. The highest BCUT2D eigenvalue weighted by Crippen LogP contribution is 2.30. The van der Waals surface area contributed by atoms with E-state index in [0.29, 0.717) is 15.6 Å². The van der Waals surface area contributed by atoms with Crippen molar-refractivity contribution in [2.75, 3.05) is 0 Å². The molecule has 0 spiro atoms. The molecule has 0 saturated carbocycles. The van der Waals surface area contributed by atoms with E-state index in [1.807, 2.05) is 20.8 Å². The topological polar surface area (TPSA) is 35.8 Å². The van der Waals surface area contributed by atoms with Gasteiger partial charge in [-0.2, -0.15) is 5.26 Å². The van der Waals surface area contributed by atoms with E-state index in [1.165, 1.54) is 0 Å². The predicted molar refractivity (Wildman–Crippen MR) is 67.7 cm³/mol. The largest absolute Gasteiger partial charge is 0.293 e. The molecule has 0 bridgehead atoms. The Bertz CT molecular complexity index is 396. The van der Waals surface area contributed by atoms with Crippen molar-refractivity contribution in [3.63, 3.8) is 0 Å². The van der Waals surface area contributed by atoms with Crippen LogP contribution in [0.5, 0.6) is 0 Å². The molecule has 0 fully saturated rings. The van der Waals surface area contributed by atoms with Crippen molar-refractivity contribution < 1.29 is 0 Å². The van der Waals surface area contributed by atoms with Crippen LogP contribution in [0.4, 0.5) is 0 Å². The minimum absolute atomic E-state index is 0.178. The quantitative estimate of drug-likeness (QED) is 0.870. The fraction of sp³-hybridized carbons (Fsp3) is 0.417. The number of hydrogen-bond donors (Lipinski definition) is 1. The Morgan fingerprint density at radius 2 is 1.75 bits per heavy atom. The Hall–Kier alpha value is -0.750. The molecule has 0 radical (unpaired) electrons. The van der Waals surface area contributed by atoms with Crippen LogP contribution < -0.4 is 5.32 Å². The molecule has 0 aliphatic carbocycles. The van der Waals surface area contributed by atoms with Crippen LogP contribution >= 0.6 is 23.2 Å². The van der Waals surface area contributed by atoms with Gasteiger partial charge in [-0.3, -0.25) is 5.32 Å². The molecule has 0 saturated heterocycles. The average molecular weight is 257 g/mol. The molecule has 1 rings (SSSR count). The molecule has 0 amide bonds. The van der Waals surface area contributed by atoms with Crippen molar-refractivity contribution in [1.82, 2.24) is 5.32 Å². The molecule has 16 heavy (non-hydrogen) atoms. The zero-order chi connectivity index (χ0) is 12.3. The van der Waals surface area contributed by atoms with Crippen LogP contribution in [0.1, 0.15) is 32.4 Å². The van der Waals surface area contributed by atoms with Crippen molar-refractivity contribution >= 4 is 23.2 Å². The Morgan fingerprint density at radius 3 is 2.12 bits per heavy atom. The average Bonchev–Trinajstić information content (AvgIpc) is 2.14. The number of benzene rings is 1. The lowest BCUT2D eigenvalue weighted by Gasteiger charge is -2.25. The van der Waals surface area contributed by atoms with E-state index >= 15 is 0 Å². The second-order valence-corrected chi connectivity index (χ2v) is 5.41. The molecule has 1 unspecified atom stereocenters. The third kappa shape index (κ3) is 3.38. The summed E-state index contributed by atoms with van der Waals surface area (Å²) in [5.74, 6) is 0. The third-order valence-electron chi connectivity index (χ3n) is 1.99. The van der Waals surface area contributed by atoms with Gasteiger partial charge in [0.2, 0.25) is 0 Å². The highest BCUT2D eigenvalue weighted by atomic mass is 35.5. The van der Waals surface area contributed by atoms with E-state index in [1.54, 1.807) is 18.2 Å².